The third kappa shape index (κ3) is 9.30. The predicted octanol–water partition coefficient (Wildman–Crippen LogP) is 1.58. The van der Waals surface area contributed by atoms with Crippen LogP contribution in [0.4, 0.5) is 4.79 Å². The van der Waals surface area contributed by atoms with Crippen molar-refractivity contribution in [2.45, 2.75) is 46.1 Å². The highest BCUT2D eigenvalue weighted by Gasteiger charge is 2.27. The zero-order valence-corrected chi connectivity index (χ0v) is 18.4. The minimum atomic E-state index is -2.99. The van der Waals surface area contributed by atoms with Crippen molar-refractivity contribution in [1.82, 2.24) is 15.1 Å². The molecule has 1 heterocycles. The molecule has 8 nitrogen and oxygen atoms in total. The van der Waals surface area contributed by atoms with Gasteiger partial charge in [0, 0.05) is 46.0 Å². The molecule has 1 rings (SSSR count). The zero-order valence-electron chi connectivity index (χ0n) is 17.6. The highest BCUT2D eigenvalue weighted by atomic mass is 32.2. The molecule has 0 aliphatic carbocycles. The van der Waals surface area contributed by atoms with E-state index in [1.54, 1.807) is 11.9 Å². The predicted molar refractivity (Wildman–Crippen MR) is 109 cm³/mol. The second-order valence-electron chi connectivity index (χ2n) is 8.05. The molecule has 1 fully saturated rings. The van der Waals surface area contributed by atoms with E-state index in [-0.39, 0.29) is 11.8 Å². The normalized spacial score (nSPS) is 17.0. The van der Waals surface area contributed by atoms with Crippen molar-refractivity contribution >= 4 is 21.9 Å². The van der Waals surface area contributed by atoms with Crippen molar-refractivity contribution in [2.75, 3.05) is 51.8 Å². The van der Waals surface area contributed by atoms with E-state index in [0.29, 0.717) is 25.6 Å². The fourth-order valence-corrected chi connectivity index (χ4v) is 3.45. The molecule has 1 saturated heterocycles. The molecular weight excluding hydrogens is 368 g/mol. The van der Waals surface area contributed by atoms with Gasteiger partial charge in [-0.2, -0.15) is 0 Å². The number of guanidine groups is 1. The van der Waals surface area contributed by atoms with E-state index < -0.39 is 15.4 Å². The molecule has 0 atom stereocenters. The Hall–Kier alpha value is -1.51. The van der Waals surface area contributed by atoms with Crippen LogP contribution in [0.25, 0.3) is 0 Å². The molecule has 1 amide bonds. The van der Waals surface area contributed by atoms with Crippen LogP contribution in [0.15, 0.2) is 4.99 Å². The second-order valence-corrected chi connectivity index (χ2v) is 10.3. The number of carbonyl (C=O) groups is 1. The smallest absolute Gasteiger partial charge is 0.410 e. The Morgan fingerprint density at radius 1 is 1.30 bits per heavy atom. The Morgan fingerprint density at radius 3 is 2.33 bits per heavy atom. The summed E-state index contributed by atoms with van der Waals surface area (Å²) in [5.74, 6) is 1.24. The van der Waals surface area contributed by atoms with Gasteiger partial charge in [0.1, 0.15) is 15.4 Å². The second kappa shape index (κ2) is 10.1. The van der Waals surface area contributed by atoms with E-state index >= 15 is 0 Å². The SMILES string of the molecule is CCN(CC1CCN(C(=NC)NCCS(C)(=O)=O)CC1)C(=O)OC(C)(C)C. The van der Waals surface area contributed by atoms with Gasteiger partial charge in [0.05, 0.1) is 5.75 Å². The van der Waals surface area contributed by atoms with Gasteiger partial charge in [0.2, 0.25) is 0 Å². The number of nitrogens with one attached hydrogen (secondary N) is 1. The number of ether oxygens (including phenoxy) is 1. The molecule has 27 heavy (non-hydrogen) atoms. The Morgan fingerprint density at radius 2 is 1.89 bits per heavy atom. The summed E-state index contributed by atoms with van der Waals surface area (Å²) in [6.07, 6.45) is 2.87. The summed E-state index contributed by atoms with van der Waals surface area (Å²) >= 11 is 0. The highest BCUT2D eigenvalue weighted by Crippen LogP contribution is 2.20. The van der Waals surface area contributed by atoms with Gasteiger partial charge >= 0.3 is 6.09 Å². The first-order valence-electron chi connectivity index (χ1n) is 9.56. The van der Waals surface area contributed by atoms with E-state index in [1.165, 1.54) is 6.26 Å². The lowest BCUT2D eigenvalue weighted by atomic mass is 9.96. The molecule has 0 aromatic carbocycles. The Kier molecular flexibility index (Phi) is 8.84. The molecule has 1 N–H and O–H groups in total. The maximum absolute atomic E-state index is 12.3. The summed E-state index contributed by atoms with van der Waals surface area (Å²) in [6, 6.07) is 0. The number of nitrogens with zero attached hydrogens (tertiary/aromatic N) is 3. The maximum atomic E-state index is 12.3. The van der Waals surface area contributed by atoms with Gasteiger partial charge in [-0.3, -0.25) is 4.99 Å². The largest absolute Gasteiger partial charge is 0.444 e. The summed E-state index contributed by atoms with van der Waals surface area (Å²) in [4.78, 5) is 20.5. The zero-order chi connectivity index (χ0) is 20.7. The van der Waals surface area contributed by atoms with Crippen LogP contribution in [0.5, 0.6) is 0 Å². The summed E-state index contributed by atoms with van der Waals surface area (Å²) in [7, 11) is -1.29. The van der Waals surface area contributed by atoms with Crippen LogP contribution in [0.3, 0.4) is 0 Å². The molecule has 0 aromatic heterocycles. The van der Waals surface area contributed by atoms with Crippen LogP contribution >= 0.6 is 0 Å². The highest BCUT2D eigenvalue weighted by molar-refractivity contribution is 7.90. The summed E-state index contributed by atoms with van der Waals surface area (Å²) in [5, 5.41) is 3.12. The number of rotatable bonds is 6. The Labute approximate surface area is 164 Å². The number of hydrogen-bond acceptors (Lipinski definition) is 5. The first-order valence-corrected chi connectivity index (χ1v) is 11.6. The molecule has 0 saturated carbocycles. The van der Waals surface area contributed by atoms with E-state index in [0.717, 1.165) is 31.9 Å². The molecule has 0 spiro atoms. The van der Waals surface area contributed by atoms with Gasteiger partial charge in [-0.05, 0) is 46.5 Å². The molecule has 1 aliphatic rings. The fraction of sp³-hybridized carbons (Fsp3) is 0.889. The van der Waals surface area contributed by atoms with Crippen LogP contribution in [-0.2, 0) is 14.6 Å². The van der Waals surface area contributed by atoms with Crippen LogP contribution in [0, 0.1) is 5.92 Å². The number of piperidine rings is 1. The van der Waals surface area contributed by atoms with Gasteiger partial charge in [-0.1, -0.05) is 0 Å². The topological polar surface area (TPSA) is 91.3 Å². The third-order valence-electron chi connectivity index (χ3n) is 4.39. The molecule has 0 bridgehead atoms. The quantitative estimate of drug-likeness (QED) is 0.534. The molecule has 0 aromatic rings. The van der Waals surface area contributed by atoms with Gasteiger partial charge in [-0.25, -0.2) is 13.2 Å². The number of amides is 1. The van der Waals surface area contributed by atoms with Gasteiger partial charge in [0.25, 0.3) is 0 Å². The summed E-state index contributed by atoms with van der Waals surface area (Å²) < 4.78 is 28.0. The molecule has 0 unspecified atom stereocenters. The number of carbonyl (C=O) groups excluding carboxylic acids is 1. The molecule has 9 heteroatoms. The minimum Gasteiger partial charge on any atom is -0.444 e. The number of aliphatic imine (C=N–C) groups is 1. The van der Waals surface area contributed by atoms with E-state index in [1.807, 2.05) is 27.7 Å². The van der Waals surface area contributed by atoms with Crippen molar-refractivity contribution in [3.05, 3.63) is 0 Å². The molecule has 1 aliphatic heterocycles. The van der Waals surface area contributed by atoms with Gasteiger partial charge in [-0.15, -0.1) is 0 Å². The maximum Gasteiger partial charge on any atom is 0.410 e. The number of hydrogen-bond donors (Lipinski definition) is 1. The van der Waals surface area contributed by atoms with Crippen molar-refractivity contribution in [2.24, 2.45) is 10.9 Å². The van der Waals surface area contributed by atoms with Crippen LogP contribution < -0.4 is 5.32 Å². The van der Waals surface area contributed by atoms with Crippen LogP contribution in [0.1, 0.15) is 40.5 Å². The Balaban J connectivity index is 2.48. The standard InChI is InChI=1S/C18H36N4O4S/c1-7-21(17(23)26-18(2,3)4)14-15-8-11-22(12-9-15)16(19-5)20-10-13-27(6,24)25/h15H,7-14H2,1-6H3,(H,19,20). The first-order chi connectivity index (χ1) is 12.4. The fourth-order valence-electron chi connectivity index (χ4n) is 2.98. The molecule has 0 radical (unpaired) electrons. The van der Waals surface area contributed by atoms with Gasteiger partial charge in [0.15, 0.2) is 5.96 Å². The van der Waals surface area contributed by atoms with E-state index in [2.05, 4.69) is 15.2 Å². The van der Waals surface area contributed by atoms with E-state index in [9.17, 15) is 13.2 Å². The van der Waals surface area contributed by atoms with Crippen LogP contribution in [0.2, 0.25) is 0 Å². The number of sulfone groups is 1. The average Bonchev–Trinajstić information content (AvgIpc) is 2.54. The van der Waals surface area contributed by atoms with Crippen molar-refractivity contribution in [3.8, 4) is 0 Å². The lowest BCUT2D eigenvalue weighted by molar-refractivity contribution is 0.0214. The van der Waals surface area contributed by atoms with Crippen molar-refractivity contribution < 1.29 is 17.9 Å². The number of likely N-dealkylation sites (tertiary alicyclic amines) is 1. The van der Waals surface area contributed by atoms with Gasteiger partial charge < -0.3 is 19.9 Å². The van der Waals surface area contributed by atoms with E-state index in [4.69, 9.17) is 4.74 Å². The summed E-state index contributed by atoms with van der Waals surface area (Å²) in [6.45, 7) is 10.9. The van der Waals surface area contributed by atoms with Crippen molar-refractivity contribution in [3.63, 3.8) is 0 Å². The van der Waals surface area contributed by atoms with Crippen molar-refractivity contribution in [1.29, 1.82) is 0 Å². The average molecular weight is 405 g/mol. The molecular formula is C18H36N4O4S. The lowest BCUT2D eigenvalue weighted by Crippen LogP contribution is -2.48. The lowest BCUT2D eigenvalue weighted by Gasteiger charge is -2.36. The monoisotopic (exact) mass is 404 g/mol. The Bertz CT molecular complexity index is 605. The van der Waals surface area contributed by atoms with Crippen LogP contribution in [-0.4, -0.2) is 87.7 Å². The first kappa shape index (κ1) is 23.5. The summed E-state index contributed by atoms with van der Waals surface area (Å²) in [5.41, 5.74) is -0.488. The molecule has 158 valence electrons. The third-order valence-corrected chi connectivity index (χ3v) is 5.34. The minimum absolute atomic E-state index is 0.0871.